The highest BCUT2D eigenvalue weighted by atomic mass is 19.4. The molecule has 1 aromatic rings. The maximum absolute atomic E-state index is 12.9. The first-order valence-electron chi connectivity index (χ1n) is 6.10. The highest BCUT2D eigenvalue weighted by Gasteiger charge is 2.38. The fourth-order valence-electron chi connectivity index (χ4n) is 1.59. The molecule has 0 saturated carbocycles. The summed E-state index contributed by atoms with van der Waals surface area (Å²) in [6.07, 6.45) is -4.32. The molecule has 130 valence electrons. The van der Waals surface area contributed by atoms with Gasteiger partial charge in [-0.3, -0.25) is 10.1 Å². The highest BCUT2D eigenvalue weighted by Crippen LogP contribution is 2.37. The molecule has 0 amide bonds. The van der Waals surface area contributed by atoms with Crippen LogP contribution in [0.3, 0.4) is 0 Å². The number of nitro benzene ring substituents is 1. The van der Waals surface area contributed by atoms with Gasteiger partial charge in [0.25, 0.3) is 5.69 Å². The zero-order valence-corrected chi connectivity index (χ0v) is 12.3. The Balaban J connectivity index is 3.31. The lowest BCUT2D eigenvalue weighted by Gasteiger charge is -2.12. The van der Waals surface area contributed by atoms with Gasteiger partial charge in [0.15, 0.2) is 0 Å². The molecule has 0 aromatic heterocycles. The van der Waals surface area contributed by atoms with Crippen LogP contribution in [0.4, 0.5) is 24.5 Å². The number of hydrogen-bond acceptors (Lipinski definition) is 7. The van der Waals surface area contributed by atoms with Crippen molar-refractivity contribution in [3.05, 3.63) is 45.6 Å². The van der Waals surface area contributed by atoms with Gasteiger partial charge in [0.05, 0.1) is 25.2 Å². The second-order valence-electron chi connectivity index (χ2n) is 4.18. The number of benzene rings is 1. The Morgan fingerprint density at radius 2 is 1.88 bits per heavy atom. The maximum Gasteiger partial charge on any atom is 0.423 e. The maximum atomic E-state index is 12.9. The van der Waals surface area contributed by atoms with Crippen molar-refractivity contribution in [3.8, 4) is 0 Å². The molecule has 0 spiro atoms. The van der Waals surface area contributed by atoms with Crippen LogP contribution in [0.15, 0.2) is 30.0 Å². The van der Waals surface area contributed by atoms with Gasteiger partial charge in [0.1, 0.15) is 11.3 Å². The third-order valence-corrected chi connectivity index (χ3v) is 2.65. The zero-order valence-electron chi connectivity index (χ0n) is 12.3. The number of ether oxygens (including phenoxy) is 2. The van der Waals surface area contributed by atoms with Crippen LogP contribution < -0.4 is 5.32 Å². The number of esters is 2. The molecule has 0 heterocycles. The number of carbonyl (C=O) groups is 2. The van der Waals surface area contributed by atoms with Crippen LogP contribution in [-0.2, 0) is 25.2 Å². The summed E-state index contributed by atoms with van der Waals surface area (Å²) in [5.41, 5.74) is -3.48. The molecule has 24 heavy (non-hydrogen) atoms. The molecule has 8 nitrogen and oxygen atoms in total. The predicted octanol–water partition coefficient (Wildman–Crippen LogP) is 2.26. The molecule has 0 radical (unpaired) electrons. The van der Waals surface area contributed by atoms with E-state index in [2.05, 4.69) is 14.8 Å². The minimum Gasteiger partial charge on any atom is -0.466 e. The van der Waals surface area contributed by atoms with Gasteiger partial charge in [-0.2, -0.15) is 13.2 Å². The largest absolute Gasteiger partial charge is 0.466 e. The molecule has 1 N–H and O–H groups in total. The molecule has 0 aliphatic heterocycles. The van der Waals surface area contributed by atoms with Crippen LogP contribution in [-0.4, -0.2) is 31.1 Å². The number of alkyl halides is 3. The van der Waals surface area contributed by atoms with Crippen LogP contribution >= 0.6 is 0 Å². The van der Waals surface area contributed by atoms with Crippen LogP contribution in [0.25, 0.3) is 0 Å². The van der Waals surface area contributed by atoms with Gasteiger partial charge in [0.2, 0.25) is 0 Å². The Labute approximate surface area is 133 Å². The van der Waals surface area contributed by atoms with Crippen molar-refractivity contribution in [1.82, 2.24) is 0 Å². The van der Waals surface area contributed by atoms with E-state index in [-0.39, 0.29) is 5.69 Å². The first-order valence-corrected chi connectivity index (χ1v) is 6.10. The van der Waals surface area contributed by atoms with E-state index in [1.807, 2.05) is 0 Å². The molecule has 1 rings (SSSR count). The van der Waals surface area contributed by atoms with Crippen LogP contribution in [0.2, 0.25) is 0 Å². The Morgan fingerprint density at radius 3 is 2.33 bits per heavy atom. The Kier molecular flexibility index (Phi) is 5.87. The number of hydrogen-bond donors (Lipinski definition) is 1. The van der Waals surface area contributed by atoms with E-state index < -0.39 is 40.0 Å². The number of nitrogens with one attached hydrogen (secondary N) is 1. The van der Waals surface area contributed by atoms with Gasteiger partial charge in [-0.05, 0) is 12.1 Å². The smallest absolute Gasteiger partial charge is 0.423 e. The number of nitro groups is 1. The summed E-state index contributed by atoms with van der Waals surface area (Å²) >= 11 is 0. The van der Waals surface area contributed by atoms with Gasteiger partial charge in [-0.1, -0.05) is 0 Å². The van der Waals surface area contributed by atoms with E-state index in [1.165, 1.54) is 0 Å². The molecule has 0 saturated heterocycles. The lowest BCUT2D eigenvalue weighted by Crippen LogP contribution is -2.16. The van der Waals surface area contributed by atoms with Crippen LogP contribution in [0.1, 0.15) is 5.56 Å². The van der Waals surface area contributed by atoms with E-state index in [4.69, 9.17) is 0 Å². The minimum absolute atomic E-state index is 0.312. The SMILES string of the molecule is COC(=O)/C=C(/Nc1ccc([N+](=O)[O-])c(C(F)(F)F)c1)C(=O)OC. The second-order valence-corrected chi connectivity index (χ2v) is 4.18. The number of rotatable bonds is 5. The third-order valence-electron chi connectivity index (χ3n) is 2.65. The summed E-state index contributed by atoms with van der Waals surface area (Å²) in [5.74, 6) is -2.01. The van der Waals surface area contributed by atoms with Gasteiger partial charge in [0, 0.05) is 11.8 Å². The normalized spacial score (nSPS) is 11.6. The molecule has 1 aromatic carbocycles. The first kappa shape index (κ1) is 18.9. The molecular formula is C13H11F3N2O6. The Morgan fingerprint density at radius 1 is 1.25 bits per heavy atom. The molecule has 0 aliphatic carbocycles. The molecule has 0 bridgehead atoms. The van der Waals surface area contributed by atoms with Crippen molar-refractivity contribution in [2.45, 2.75) is 6.18 Å². The Hall–Kier alpha value is -3.11. The lowest BCUT2D eigenvalue weighted by molar-refractivity contribution is -0.388. The average molecular weight is 348 g/mol. The predicted molar refractivity (Wildman–Crippen MR) is 73.8 cm³/mol. The van der Waals surface area contributed by atoms with E-state index in [0.29, 0.717) is 18.2 Å². The van der Waals surface area contributed by atoms with Crippen molar-refractivity contribution < 1.29 is 37.2 Å². The summed E-state index contributed by atoms with van der Waals surface area (Å²) in [6, 6.07) is 2.01. The molecule has 0 atom stereocenters. The summed E-state index contributed by atoms with van der Waals surface area (Å²) in [4.78, 5) is 32.2. The summed E-state index contributed by atoms with van der Waals surface area (Å²) in [7, 11) is 2.02. The van der Waals surface area contributed by atoms with Crippen molar-refractivity contribution in [2.75, 3.05) is 19.5 Å². The van der Waals surface area contributed by atoms with E-state index in [0.717, 1.165) is 20.3 Å². The number of nitrogens with zero attached hydrogens (tertiary/aromatic N) is 1. The molecule has 0 unspecified atom stereocenters. The summed E-state index contributed by atoms with van der Waals surface area (Å²) < 4.78 is 47.4. The Bertz CT molecular complexity index is 699. The van der Waals surface area contributed by atoms with Gasteiger partial charge in [-0.15, -0.1) is 0 Å². The number of carbonyl (C=O) groups excluding carboxylic acids is 2. The number of halogens is 3. The minimum atomic E-state index is -4.99. The molecule has 0 fully saturated rings. The standard InChI is InChI=1S/C13H11F3N2O6/c1-23-11(19)6-9(12(20)24-2)17-7-3-4-10(18(21)22)8(5-7)13(14,15)16/h3-6,17H,1-2H3/b9-6+. The number of anilines is 1. The van der Waals surface area contributed by atoms with Crippen LogP contribution in [0, 0.1) is 10.1 Å². The zero-order chi connectivity index (χ0) is 18.5. The molecular weight excluding hydrogens is 337 g/mol. The van der Waals surface area contributed by atoms with Crippen LogP contribution in [0.5, 0.6) is 0 Å². The van der Waals surface area contributed by atoms with Crippen molar-refractivity contribution >= 4 is 23.3 Å². The topological polar surface area (TPSA) is 108 Å². The van der Waals surface area contributed by atoms with E-state index in [9.17, 15) is 32.9 Å². The first-order chi connectivity index (χ1) is 11.1. The van der Waals surface area contributed by atoms with Gasteiger partial charge < -0.3 is 14.8 Å². The number of methoxy groups -OCH3 is 2. The van der Waals surface area contributed by atoms with Gasteiger partial charge >= 0.3 is 18.1 Å². The molecule has 11 heteroatoms. The van der Waals surface area contributed by atoms with Crippen molar-refractivity contribution in [2.24, 2.45) is 0 Å². The summed E-state index contributed by atoms with van der Waals surface area (Å²) in [6.45, 7) is 0. The van der Waals surface area contributed by atoms with Crippen molar-refractivity contribution in [3.63, 3.8) is 0 Å². The van der Waals surface area contributed by atoms with Gasteiger partial charge in [-0.25, -0.2) is 9.59 Å². The third kappa shape index (κ3) is 4.69. The monoisotopic (exact) mass is 348 g/mol. The highest BCUT2D eigenvalue weighted by molar-refractivity contribution is 5.98. The fraction of sp³-hybridized carbons (Fsp3) is 0.231. The summed E-state index contributed by atoms with van der Waals surface area (Å²) in [5, 5.41) is 12.9. The van der Waals surface area contributed by atoms with Crippen molar-refractivity contribution in [1.29, 1.82) is 0 Å². The van der Waals surface area contributed by atoms with E-state index >= 15 is 0 Å². The fourth-order valence-corrected chi connectivity index (χ4v) is 1.59. The quantitative estimate of drug-likeness (QED) is 0.376. The average Bonchev–Trinajstić information content (AvgIpc) is 2.52. The van der Waals surface area contributed by atoms with E-state index in [1.54, 1.807) is 0 Å². The molecule has 0 aliphatic rings. The lowest BCUT2D eigenvalue weighted by atomic mass is 10.1. The second kappa shape index (κ2) is 7.44.